The van der Waals surface area contributed by atoms with Crippen LogP contribution in [0, 0.1) is 0 Å². The maximum Gasteiger partial charge on any atom is 0.263 e. The zero-order chi connectivity index (χ0) is 20.1. The van der Waals surface area contributed by atoms with Crippen LogP contribution in [0.3, 0.4) is 0 Å². The van der Waals surface area contributed by atoms with Gasteiger partial charge in [0.15, 0.2) is 0 Å². The normalized spacial score (nSPS) is 15.2. The molecule has 1 fully saturated rings. The van der Waals surface area contributed by atoms with Crippen molar-refractivity contribution in [2.75, 3.05) is 20.2 Å². The summed E-state index contributed by atoms with van der Waals surface area (Å²) in [5.74, 6) is 0.513. The number of piperidine rings is 1. The van der Waals surface area contributed by atoms with Crippen molar-refractivity contribution in [2.45, 2.75) is 25.4 Å². The van der Waals surface area contributed by atoms with E-state index in [1.165, 1.54) is 16.9 Å². The zero-order valence-electron chi connectivity index (χ0n) is 16.4. The maximum absolute atomic E-state index is 12.6. The van der Waals surface area contributed by atoms with Gasteiger partial charge in [0.05, 0.1) is 13.3 Å². The summed E-state index contributed by atoms with van der Waals surface area (Å²) < 4.78 is 5.08. The summed E-state index contributed by atoms with van der Waals surface area (Å²) in [5.41, 5.74) is 2.21. The molecule has 1 amide bonds. The molecule has 150 valence electrons. The van der Waals surface area contributed by atoms with Gasteiger partial charge in [-0.15, -0.1) is 11.3 Å². The highest BCUT2D eigenvalue weighted by atomic mass is 32.1. The van der Waals surface area contributed by atoms with Gasteiger partial charge in [0, 0.05) is 43.5 Å². The largest absolute Gasteiger partial charge is 0.481 e. The smallest absolute Gasteiger partial charge is 0.263 e. The molecule has 1 N–H and O–H groups in total. The van der Waals surface area contributed by atoms with Crippen molar-refractivity contribution in [1.29, 1.82) is 0 Å². The van der Waals surface area contributed by atoms with Crippen LogP contribution in [0.1, 0.15) is 28.1 Å². The predicted molar refractivity (Wildman–Crippen MR) is 114 cm³/mol. The average Bonchev–Trinajstić information content (AvgIpc) is 3.26. The fourth-order valence-corrected chi connectivity index (χ4v) is 4.28. The lowest BCUT2D eigenvalue weighted by Crippen LogP contribution is -2.44. The Morgan fingerprint density at radius 3 is 2.62 bits per heavy atom. The highest BCUT2D eigenvalue weighted by Gasteiger charge is 2.22. The first-order chi connectivity index (χ1) is 14.2. The second kappa shape index (κ2) is 9.15. The van der Waals surface area contributed by atoms with E-state index in [1.807, 2.05) is 12.1 Å². The van der Waals surface area contributed by atoms with Crippen LogP contribution in [0.15, 0.2) is 54.9 Å². The third-order valence-corrected chi connectivity index (χ3v) is 6.14. The molecule has 2 aromatic heterocycles. The standard InChI is InChI=1S/C22H24N4O2S/c1-28-20-8-7-17(13-23-20)22-24-14-19(29-22)21(27)25-18-9-11-26(12-10-18)15-16-5-3-2-4-6-16/h2-8,13-14,18H,9-12,15H2,1H3,(H,25,27). The lowest BCUT2D eigenvalue weighted by molar-refractivity contribution is 0.0913. The highest BCUT2D eigenvalue weighted by Crippen LogP contribution is 2.26. The molecule has 0 bridgehead atoms. The third-order valence-electron chi connectivity index (χ3n) is 5.09. The minimum Gasteiger partial charge on any atom is -0.481 e. The van der Waals surface area contributed by atoms with Gasteiger partial charge < -0.3 is 10.1 Å². The van der Waals surface area contributed by atoms with Crippen molar-refractivity contribution in [1.82, 2.24) is 20.2 Å². The van der Waals surface area contributed by atoms with E-state index >= 15 is 0 Å². The van der Waals surface area contributed by atoms with Crippen LogP contribution in [-0.2, 0) is 6.54 Å². The van der Waals surface area contributed by atoms with E-state index in [-0.39, 0.29) is 11.9 Å². The molecule has 0 aliphatic carbocycles. The Morgan fingerprint density at radius 1 is 1.14 bits per heavy atom. The van der Waals surface area contributed by atoms with Crippen molar-refractivity contribution in [3.8, 4) is 16.5 Å². The molecular weight excluding hydrogens is 384 g/mol. The molecule has 1 aliphatic rings. The van der Waals surface area contributed by atoms with Crippen molar-refractivity contribution < 1.29 is 9.53 Å². The number of pyridine rings is 1. The number of nitrogens with zero attached hydrogens (tertiary/aromatic N) is 3. The summed E-state index contributed by atoms with van der Waals surface area (Å²) >= 11 is 1.38. The number of benzene rings is 1. The number of ether oxygens (including phenoxy) is 1. The van der Waals surface area contributed by atoms with Crippen LogP contribution >= 0.6 is 11.3 Å². The summed E-state index contributed by atoms with van der Waals surface area (Å²) in [6.07, 6.45) is 5.28. The number of hydrogen-bond acceptors (Lipinski definition) is 6. The number of carbonyl (C=O) groups is 1. The van der Waals surface area contributed by atoms with Crippen LogP contribution < -0.4 is 10.1 Å². The van der Waals surface area contributed by atoms with Gasteiger partial charge in [0.1, 0.15) is 9.88 Å². The van der Waals surface area contributed by atoms with E-state index in [9.17, 15) is 4.79 Å². The van der Waals surface area contributed by atoms with E-state index < -0.39 is 0 Å². The number of thiazole rings is 1. The Hall–Kier alpha value is -2.77. The highest BCUT2D eigenvalue weighted by molar-refractivity contribution is 7.16. The topological polar surface area (TPSA) is 67.3 Å². The van der Waals surface area contributed by atoms with Gasteiger partial charge in [-0.25, -0.2) is 9.97 Å². The summed E-state index contributed by atoms with van der Waals surface area (Å²) in [7, 11) is 1.58. The van der Waals surface area contributed by atoms with Gasteiger partial charge >= 0.3 is 0 Å². The molecule has 0 atom stereocenters. The van der Waals surface area contributed by atoms with E-state index in [0.29, 0.717) is 10.8 Å². The number of aromatic nitrogens is 2. The van der Waals surface area contributed by atoms with Crippen LogP contribution in [0.2, 0.25) is 0 Å². The molecule has 0 unspecified atom stereocenters. The molecule has 3 aromatic rings. The lowest BCUT2D eigenvalue weighted by Gasteiger charge is -2.32. The molecule has 3 heterocycles. The Balaban J connectivity index is 1.29. The molecule has 1 aliphatic heterocycles. The third kappa shape index (κ3) is 4.99. The average molecular weight is 409 g/mol. The van der Waals surface area contributed by atoms with Gasteiger partial charge in [-0.2, -0.15) is 0 Å². The van der Waals surface area contributed by atoms with Crippen molar-refractivity contribution in [3.05, 3.63) is 65.3 Å². The molecule has 0 saturated carbocycles. The van der Waals surface area contributed by atoms with E-state index in [2.05, 4.69) is 44.5 Å². The number of methoxy groups -OCH3 is 1. The number of likely N-dealkylation sites (tertiary alicyclic amines) is 1. The molecular formula is C22H24N4O2S. The Kier molecular flexibility index (Phi) is 6.17. The summed E-state index contributed by atoms with van der Waals surface area (Å²) in [6.45, 7) is 2.95. The first kappa shape index (κ1) is 19.5. The first-order valence-electron chi connectivity index (χ1n) is 9.74. The number of carbonyl (C=O) groups excluding carboxylic acids is 1. The number of rotatable bonds is 6. The Bertz CT molecular complexity index is 935. The van der Waals surface area contributed by atoms with Gasteiger partial charge in [-0.1, -0.05) is 30.3 Å². The van der Waals surface area contributed by atoms with Crippen LogP contribution in [-0.4, -0.2) is 47.0 Å². The van der Waals surface area contributed by atoms with Gasteiger partial charge in [0.2, 0.25) is 5.88 Å². The molecule has 4 rings (SSSR count). The minimum absolute atomic E-state index is 0.0447. The molecule has 0 radical (unpaired) electrons. The quantitative estimate of drug-likeness (QED) is 0.675. The summed E-state index contributed by atoms with van der Waals surface area (Å²) in [5, 5.41) is 3.95. The van der Waals surface area contributed by atoms with E-state index in [0.717, 1.165) is 43.0 Å². The maximum atomic E-state index is 12.6. The molecule has 29 heavy (non-hydrogen) atoms. The SMILES string of the molecule is COc1ccc(-c2ncc(C(=O)NC3CCN(Cc4ccccc4)CC3)s2)cn1. The summed E-state index contributed by atoms with van der Waals surface area (Å²) in [4.78, 5) is 24.3. The van der Waals surface area contributed by atoms with Crippen LogP contribution in [0.25, 0.3) is 10.6 Å². The molecule has 1 aromatic carbocycles. The second-order valence-electron chi connectivity index (χ2n) is 7.13. The van der Waals surface area contributed by atoms with Crippen molar-refractivity contribution in [2.24, 2.45) is 0 Å². The predicted octanol–water partition coefficient (Wildman–Crippen LogP) is 3.61. The second-order valence-corrected chi connectivity index (χ2v) is 8.16. The van der Waals surface area contributed by atoms with Crippen molar-refractivity contribution >= 4 is 17.2 Å². The zero-order valence-corrected chi connectivity index (χ0v) is 17.2. The molecule has 1 saturated heterocycles. The minimum atomic E-state index is -0.0447. The lowest BCUT2D eigenvalue weighted by atomic mass is 10.0. The van der Waals surface area contributed by atoms with Crippen LogP contribution in [0.5, 0.6) is 5.88 Å². The molecule has 0 spiro atoms. The number of nitrogens with one attached hydrogen (secondary N) is 1. The molecule has 7 heteroatoms. The summed E-state index contributed by atoms with van der Waals surface area (Å²) in [6, 6.07) is 14.4. The fraction of sp³-hybridized carbons (Fsp3) is 0.318. The van der Waals surface area contributed by atoms with Gasteiger partial charge in [-0.3, -0.25) is 9.69 Å². The van der Waals surface area contributed by atoms with Crippen molar-refractivity contribution in [3.63, 3.8) is 0 Å². The fourth-order valence-electron chi connectivity index (χ4n) is 3.47. The van der Waals surface area contributed by atoms with E-state index in [1.54, 1.807) is 25.6 Å². The van der Waals surface area contributed by atoms with E-state index in [4.69, 9.17) is 4.74 Å². The van der Waals surface area contributed by atoms with Gasteiger partial charge in [-0.05, 0) is 24.5 Å². The van der Waals surface area contributed by atoms with Gasteiger partial charge in [0.25, 0.3) is 5.91 Å². The van der Waals surface area contributed by atoms with Crippen LogP contribution in [0.4, 0.5) is 0 Å². The number of hydrogen-bond donors (Lipinski definition) is 1. The first-order valence-corrected chi connectivity index (χ1v) is 10.6. The molecule has 6 nitrogen and oxygen atoms in total. The monoisotopic (exact) mass is 408 g/mol. The number of amides is 1. The Labute approximate surface area is 174 Å². The Morgan fingerprint density at radius 2 is 1.93 bits per heavy atom.